The average molecular weight is 354 g/mol. The third-order valence-electron chi connectivity index (χ3n) is 4.79. The van der Waals surface area contributed by atoms with E-state index in [2.05, 4.69) is 66.7 Å². The van der Waals surface area contributed by atoms with Crippen LogP contribution >= 0.6 is 0 Å². The van der Waals surface area contributed by atoms with E-state index in [0.29, 0.717) is 5.95 Å². The Balaban J connectivity index is 2.44. The predicted octanol–water partition coefficient (Wildman–Crippen LogP) is 6.91. The zero-order valence-corrected chi connectivity index (χ0v) is 17.5. The third-order valence-corrected chi connectivity index (χ3v) is 4.79. The molecule has 1 aromatic carbocycles. The molecule has 0 spiro atoms. The summed E-state index contributed by atoms with van der Waals surface area (Å²) in [5.41, 5.74) is 5.26. The molecular formula is C23H30O3. The van der Waals surface area contributed by atoms with Crippen LogP contribution in [0.25, 0.3) is 22.3 Å². The Bertz CT molecular complexity index is 956. The quantitative estimate of drug-likeness (QED) is 0.501. The van der Waals surface area contributed by atoms with Gasteiger partial charge in [-0.1, -0.05) is 47.6 Å². The number of benzene rings is 1. The smallest absolute Gasteiger partial charge is 0.296 e. The molecule has 0 amide bonds. The van der Waals surface area contributed by atoms with Crippen molar-refractivity contribution in [2.24, 2.45) is 0 Å². The third kappa shape index (κ3) is 3.04. The molecule has 0 fully saturated rings. The zero-order chi connectivity index (χ0) is 19.4. The highest BCUT2D eigenvalue weighted by atomic mass is 16.6. The Morgan fingerprint density at radius 2 is 1.42 bits per heavy atom. The van der Waals surface area contributed by atoms with Gasteiger partial charge in [-0.3, -0.25) is 0 Å². The molecule has 0 atom stereocenters. The van der Waals surface area contributed by atoms with Crippen molar-refractivity contribution >= 4 is 11.0 Å². The van der Waals surface area contributed by atoms with Crippen LogP contribution in [0, 0.1) is 13.8 Å². The van der Waals surface area contributed by atoms with Gasteiger partial charge in [0.2, 0.25) is 0 Å². The number of hydrogen-bond donors (Lipinski definition) is 0. The van der Waals surface area contributed by atoms with Crippen LogP contribution in [0.3, 0.4) is 0 Å². The summed E-state index contributed by atoms with van der Waals surface area (Å²) in [5.74, 6) is 2.25. The first-order chi connectivity index (χ1) is 11.9. The first kappa shape index (κ1) is 18.6. The van der Waals surface area contributed by atoms with Gasteiger partial charge in [0.25, 0.3) is 5.95 Å². The molecule has 3 rings (SSSR count). The highest BCUT2D eigenvalue weighted by molar-refractivity contribution is 5.99. The van der Waals surface area contributed by atoms with Crippen molar-refractivity contribution in [2.75, 3.05) is 7.11 Å². The van der Waals surface area contributed by atoms with Crippen molar-refractivity contribution in [1.82, 2.24) is 0 Å². The van der Waals surface area contributed by atoms with Gasteiger partial charge in [0.15, 0.2) is 0 Å². The van der Waals surface area contributed by atoms with Crippen LogP contribution in [-0.2, 0) is 10.8 Å². The van der Waals surface area contributed by atoms with Crippen LogP contribution in [0.2, 0.25) is 0 Å². The largest absolute Gasteiger partial charge is 0.468 e. The molecule has 3 aromatic rings. The minimum Gasteiger partial charge on any atom is -0.468 e. The van der Waals surface area contributed by atoms with Crippen molar-refractivity contribution in [3.8, 4) is 17.3 Å². The highest BCUT2D eigenvalue weighted by Gasteiger charge is 2.31. The summed E-state index contributed by atoms with van der Waals surface area (Å²) < 4.78 is 18.0. The molecule has 0 aliphatic heterocycles. The summed E-state index contributed by atoms with van der Waals surface area (Å²) in [6.45, 7) is 17.3. The molecular weight excluding hydrogens is 324 g/mol. The van der Waals surface area contributed by atoms with E-state index in [1.54, 1.807) is 7.11 Å². The van der Waals surface area contributed by atoms with E-state index in [-0.39, 0.29) is 10.8 Å². The summed E-state index contributed by atoms with van der Waals surface area (Å²) in [4.78, 5) is 0. The summed E-state index contributed by atoms with van der Waals surface area (Å²) in [7, 11) is 1.65. The Morgan fingerprint density at radius 3 is 1.96 bits per heavy atom. The molecule has 0 saturated carbocycles. The first-order valence-corrected chi connectivity index (χ1v) is 9.16. The molecule has 0 N–H and O–H groups in total. The SMILES string of the molecule is COc1oc2c(C(C)(C)C)cc(C)cc2c1-c1oc(C)cc1C(C)(C)C. The number of aryl methyl sites for hydroxylation is 2. The lowest BCUT2D eigenvalue weighted by Gasteiger charge is -2.20. The van der Waals surface area contributed by atoms with Gasteiger partial charge in [-0.25, -0.2) is 0 Å². The fraction of sp³-hybridized carbons (Fsp3) is 0.478. The van der Waals surface area contributed by atoms with Crippen LogP contribution < -0.4 is 4.74 Å². The van der Waals surface area contributed by atoms with Crippen LogP contribution in [0.15, 0.2) is 27.0 Å². The molecule has 2 heterocycles. The predicted molar refractivity (Wildman–Crippen MR) is 107 cm³/mol. The number of furan rings is 2. The summed E-state index contributed by atoms with van der Waals surface area (Å²) >= 11 is 0. The second-order valence-corrected chi connectivity index (χ2v) is 9.26. The molecule has 0 bridgehead atoms. The van der Waals surface area contributed by atoms with Crippen molar-refractivity contribution < 1.29 is 13.6 Å². The van der Waals surface area contributed by atoms with Crippen molar-refractivity contribution in [3.05, 3.63) is 40.6 Å². The Hall–Kier alpha value is -2.16. The van der Waals surface area contributed by atoms with E-state index in [4.69, 9.17) is 13.6 Å². The second kappa shape index (κ2) is 5.94. The number of methoxy groups -OCH3 is 1. The van der Waals surface area contributed by atoms with E-state index in [9.17, 15) is 0 Å². The Labute approximate surface area is 156 Å². The van der Waals surface area contributed by atoms with E-state index < -0.39 is 0 Å². The van der Waals surface area contributed by atoms with Gasteiger partial charge in [-0.2, -0.15) is 0 Å². The molecule has 0 aliphatic rings. The number of ether oxygens (including phenoxy) is 1. The molecule has 3 heteroatoms. The van der Waals surface area contributed by atoms with E-state index in [0.717, 1.165) is 33.6 Å². The minimum absolute atomic E-state index is 0.0314. The lowest BCUT2D eigenvalue weighted by Crippen LogP contribution is -2.12. The molecule has 0 radical (unpaired) electrons. The van der Waals surface area contributed by atoms with Crippen LogP contribution in [0.4, 0.5) is 0 Å². The summed E-state index contributed by atoms with van der Waals surface area (Å²) in [5, 5.41) is 1.05. The summed E-state index contributed by atoms with van der Waals surface area (Å²) in [6, 6.07) is 6.48. The molecule has 140 valence electrons. The van der Waals surface area contributed by atoms with E-state index in [1.165, 1.54) is 11.1 Å². The van der Waals surface area contributed by atoms with Gasteiger partial charge in [-0.15, -0.1) is 0 Å². The highest BCUT2D eigenvalue weighted by Crippen LogP contribution is 2.47. The first-order valence-electron chi connectivity index (χ1n) is 9.16. The maximum atomic E-state index is 6.21. The minimum atomic E-state index is -0.0433. The maximum Gasteiger partial charge on any atom is 0.296 e. The molecule has 0 unspecified atom stereocenters. The van der Waals surface area contributed by atoms with Gasteiger partial charge >= 0.3 is 0 Å². The number of hydrogen-bond acceptors (Lipinski definition) is 3. The van der Waals surface area contributed by atoms with Crippen molar-refractivity contribution in [3.63, 3.8) is 0 Å². The van der Waals surface area contributed by atoms with Gasteiger partial charge in [-0.05, 0) is 42.4 Å². The number of fused-ring (bicyclic) bond motifs is 1. The van der Waals surface area contributed by atoms with Crippen molar-refractivity contribution in [2.45, 2.75) is 66.2 Å². The molecule has 0 saturated heterocycles. The topological polar surface area (TPSA) is 35.5 Å². The fourth-order valence-corrected chi connectivity index (χ4v) is 3.50. The fourth-order valence-electron chi connectivity index (χ4n) is 3.50. The molecule has 26 heavy (non-hydrogen) atoms. The van der Waals surface area contributed by atoms with Crippen LogP contribution in [0.5, 0.6) is 5.95 Å². The maximum absolute atomic E-state index is 6.21. The normalized spacial score (nSPS) is 12.8. The van der Waals surface area contributed by atoms with Gasteiger partial charge < -0.3 is 13.6 Å². The lowest BCUT2D eigenvalue weighted by molar-refractivity contribution is 0.315. The standard InChI is InChI=1S/C23H30O3/c1-13-10-15-18(20-17(23(6,7)8)12-14(2)25-20)21(24-9)26-19(15)16(11-13)22(3,4)5/h10-12H,1-9H3. The van der Waals surface area contributed by atoms with Crippen LogP contribution in [-0.4, -0.2) is 7.11 Å². The molecule has 2 aromatic heterocycles. The van der Waals surface area contributed by atoms with Gasteiger partial charge in [0.1, 0.15) is 22.7 Å². The Kier molecular flexibility index (Phi) is 4.25. The molecule has 0 aliphatic carbocycles. The second-order valence-electron chi connectivity index (χ2n) is 9.26. The van der Waals surface area contributed by atoms with E-state index >= 15 is 0 Å². The monoisotopic (exact) mass is 354 g/mol. The number of rotatable bonds is 2. The van der Waals surface area contributed by atoms with Crippen LogP contribution in [0.1, 0.15) is 64.0 Å². The summed E-state index contributed by atoms with van der Waals surface area (Å²) in [6.07, 6.45) is 0. The van der Waals surface area contributed by atoms with E-state index in [1.807, 2.05) is 6.92 Å². The molecule has 3 nitrogen and oxygen atoms in total. The van der Waals surface area contributed by atoms with Crippen molar-refractivity contribution in [1.29, 1.82) is 0 Å². The lowest BCUT2D eigenvalue weighted by atomic mass is 9.83. The van der Waals surface area contributed by atoms with Gasteiger partial charge in [0, 0.05) is 16.5 Å². The Morgan fingerprint density at radius 1 is 0.808 bits per heavy atom. The zero-order valence-electron chi connectivity index (χ0n) is 17.5. The average Bonchev–Trinajstić information content (AvgIpc) is 3.04. The van der Waals surface area contributed by atoms with Gasteiger partial charge in [0.05, 0.1) is 7.11 Å².